The van der Waals surface area contributed by atoms with Crippen LogP contribution in [0.1, 0.15) is 73.7 Å². The third-order valence-electron chi connectivity index (χ3n) is 5.38. The van der Waals surface area contributed by atoms with Gasteiger partial charge in [-0.3, -0.25) is 9.59 Å². The molecule has 1 fully saturated rings. The van der Waals surface area contributed by atoms with Gasteiger partial charge in [0.2, 0.25) is 5.91 Å². The van der Waals surface area contributed by atoms with Crippen molar-refractivity contribution in [1.29, 1.82) is 0 Å². The highest BCUT2D eigenvalue weighted by atomic mass is 32.2. The summed E-state index contributed by atoms with van der Waals surface area (Å²) < 4.78 is 1.96. The van der Waals surface area contributed by atoms with Crippen LogP contribution in [0.5, 0.6) is 0 Å². The molecule has 0 bridgehead atoms. The average Bonchev–Trinajstić information content (AvgIpc) is 3.16. The molecule has 1 aliphatic carbocycles. The first-order valence-corrected chi connectivity index (χ1v) is 11.7. The van der Waals surface area contributed by atoms with Gasteiger partial charge in [-0.1, -0.05) is 48.7 Å². The summed E-state index contributed by atoms with van der Waals surface area (Å²) in [6, 6.07) is 7.50. The largest absolute Gasteiger partial charge is 0.353 e. The zero-order valence-electron chi connectivity index (χ0n) is 18.0. The summed E-state index contributed by atoms with van der Waals surface area (Å²) in [4.78, 5) is 24.9. The second-order valence-corrected chi connectivity index (χ2v) is 8.78. The molecule has 1 saturated carbocycles. The molecule has 0 radical (unpaired) electrons. The lowest BCUT2D eigenvalue weighted by Gasteiger charge is -2.22. The number of carbonyl (C=O) groups excluding carboxylic acids is 2. The Kier molecular flexibility index (Phi) is 7.90. The van der Waals surface area contributed by atoms with Gasteiger partial charge in [0.05, 0.1) is 11.8 Å². The number of nitrogens with one attached hydrogen (secondary N) is 2. The normalized spacial score (nSPS) is 15.6. The number of thioether (sulfide) groups is 1. The molecule has 2 N–H and O–H groups in total. The summed E-state index contributed by atoms with van der Waals surface area (Å²) in [5.41, 5.74) is 1.66. The SMILES string of the molecule is CCn1c(SCC(=O)NC2CCCCC2)nnc1[C@H](C)NC(=O)c1cccc(C)c1. The van der Waals surface area contributed by atoms with Gasteiger partial charge in [-0.25, -0.2) is 0 Å². The Hall–Kier alpha value is -2.35. The molecule has 3 rings (SSSR count). The Labute approximate surface area is 182 Å². The van der Waals surface area contributed by atoms with E-state index in [0.717, 1.165) is 18.4 Å². The van der Waals surface area contributed by atoms with E-state index >= 15 is 0 Å². The minimum absolute atomic E-state index is 0.0416. The van der Waals surface area contributed by atoms with Crippen LogP contribution >= 0.6 is 11.8 Å². The van der Waals surface area contributed by atoms with Crippen LogP contribution in [0.2, 0.25) is 0 Å². The van der Waals surface area contributed by atoms with E-state index in [0.29, 0.717) is 34.9 Å². The number of hydrogen-bond acceptors (Lipinski definition) is 5. The van der Waals surface area contributed by atoms with Crippen molar-refractivity contribution in [2.24, 2.45) is 0 Å². The Bertz CT molecular complexity index is 876. The van der Waals surface area contributed by atoms with Gasteiger partial charge >= 0.3 is 0 Å². The van der Waals surface area contributed by atoms with Gasteiger partial charge in [0.1, 0.15) is 0 Å². The van der Waals surface area contributed by atoms with Crippen molar-refractivity contribution in [1.82, 2.24) is 25.4 Å². The molecule has 1 heterocycles. The first-order valence-electron chi connectivity index (χ1n) is 10.7. The third-order valence-corrected chi connectivity index (χ3v) is 6.35. The zero-order valence-corrected chi connectivity index (χ0v) is 18.8. The van der Waals surface area contributed by atoms with Crippen LogP contribution < -0.4 is 10.6 Å². The maximum atomic E-state index is 12.6. The molecule has 2 aromatic rings. The highest BCUT2D eigenvalue weighted by Crippen LogP contribution is 2.22. The van der Waals surface area contributed by atoms with Crippen molar-refractivity contribution in [3.8, 4) is 0 Å². The maximum Gasteiger partial charge on any atom is 0.251 e. The lowest BCUT2D eigenvalue weighted by atomic mass is 9.95. The van der Waals surface area contributed by atoms with Gasteiger partial charge in [-0.15, -0.1) is 10.2 Å². The van der Waals surface area contributed by atoms with Crippen LogP contribution in [0, 0.1) is 6.92 Å². The van der Waals surface area contributed by atoms with Gasteiger partial charge in [0.15, 0.2) is 11.0 Å². The van der Waals surface area contributed by atoms with E-state index in [-0.39, 0.29) is 17.9 Å². The second-order valence-electron chi connectivity index (χ2n) is 7.84. The van der Waals surface area contributed by atoms with E-state index in [1.165, 1.54) is 31.0 Å². The molecule has 8 heteroatoms. The molecule has 1 atom stereocenters. The smallest absolute Gasteiger partial charge is 0.251 e. The zero-order chi connectivity index (χ0) is 21.5. The minimum Gasteiger partial charge on any atom is -0.353 e. The van der Waals surface area contributed by atoms with E-state index in [4.69, 9.17) is 0 Å². The lowest BCUT2D eigenvalue weighted by Crippen LogP contribution is -2.37. The topological polar surface area (TPSA) is 88.9 Å². The summed E-state index contributed by atoms with van der Waals surface area (Å²) in [5, 5.41) is 15.4. The van der Waals surface area contributed by atoms with Gasteiger partial charge in [-0.2, -0.15) is 0 Å². The number of aryl methyl sites for hydroxylation is 1. The van der Waals surface area contributed by atoms with E-state index in [2.05, 4.69) is 20.8 Å². The van der Waals surface area contributed by atoms with Crippen LogP contribution in [0.15, 0.2) is 29.4 Å². The Morgan fingerprint density at radius 1 is 1.23 bits per heavy atom. The number of carbonyl (C=O) groups is 2. The molecule has 1 aromatic carbocycles. The number of hydrogen-bond donors (Lipinski definition) is 2. The highest BCUT2D eigenvalue weighted by molar-refractivity contribution is 7.99. The second kappa shape index (κ2) is 10.6. The molecule has 0 saturated heterocycles. The number of aromatic nitrogens is 3. The third kappa shape index (κ3) is 5.84. The molecule has 0 aliphatic heterocycles. The van der Waals surface area contributed by atoms with Crippen molar-refractivity contribution in [3.05, 3.63) is 41.2 Å². The first kappa shape index (κ1) is 22.3. The van der Waals surface area contributed by atoms with Crippen molar-refractivity contribution < 1.29 is 9.59 Å². The number of nitrogens with zero attached hydrogens (tertiary/aromatic N) is 3. The molecule has 0 spiro atoms. The van der Waals surface area contributed by atoms with E-state index in [1.807, 2.05) is 43.5 Å². The summed E-state index contributed by atoms with van der Waals surface area (Å²) in [6.45, 7) is 6.53. The molecule has 1 aliphatic rings. The Morgan fingerprint density at radius 2 is 2.00 bits per heavy atom. The predicted octanol–water partition coefficient (Wildman–Crippen LogP) is 3.64. The maximum absolute atomic E-state index is 12.6. The van der Waals surface area contributed by atoms with Crippen molar-refractivity contribution in [2.45, 2.75) is 76.7 Å². The van der Waals surface area contributed by atoms with Gasteiger partial charge in [0, 0.05) is 18.2 Å². The molecular formula is C22H31N5O2S. The van der Waals surface area contributed by atoms with Gasteiger partial charge < -0.3 is 15.2 Å². The minimum atomic E-state index is -0.295. The summed E-state index contributed by atoms with van der Waals surface area (Å²) in [5.74, 6) is 0.907. The van der Waals surface area contributed by atoms with E-state index in [9.17, 15) is 9.59 Å². The van der Waals surface area contributed by atoms with Crippen molar-refractivity contribution in [3.63, 3.8) is 0 Å². The van der Waals surface area contributed by atoms with E-state index < -0.39 is 0 Å². The summed E-state index contributed by atoms with van der Waals surface area (Å²) in [6.07, 6.45) is 5.80. The molecule has 30 heavy (non-hydrogen) atoms. The first-order chi connectivity index (χ1) is 14.5. The van der Waals surface area contributed by atoms with Crippen molar-refractivity contribution >= 4 is 23.6 Å². The van der Waals surface area contributed by atoms with E-state index in [1.54, 1.807) is 6.07 Å². The highest BCUT2D eigenvalue weighted by Gasteiger charge is 2.21. The quantitative estimate of drug-likeness (QED) is 0.626. The fraction of sp³-hybridized carbons (Fsp3) is 0.545. The molecular weight excluding hydrogens is 398 g/mol. The predicted molar refractivity (Wildman–Crippen MR) is 118 cm³/mol. The number of benzene rings is 1. The van der Waals surface area contributed by atoms with Crippen LogP contribution in [0.4, 0.5) is 0 Å². The average molecular weight is 430 g/mol. The van der Waals surface area contributed by atoms with Crippen LogP contribution in [-0.4, -0.2) is 38.4 Å². The lowest BCUT2D eigenvalue weighted by molar-refractivity contribution is -0.119. The van der Waals surface area contributed by atoms with Crippen LogP contribution in [0.25, 0.3) is 0 Å². The molecule has 0 unspecified atom stereocenters. The molecule has 7 nitrogen and oxygen atoms in total. The Morgan fingerprint density at radius 3 is 2.70 bits per heavy atom. The van der Waals surface area contributed by atoms with Gasteiger partial charge in [0.25, 0.3) is 5.91 Å². The monoisotopic (exact) mass is 429 g/mol. The molecule has 2 amide bonds. The summed E-state index contributed by atoms with van der Waals surface area (Å²) >= 11 is 1.39. The fourth-order valence-electron chi connectivity index (χ4n) is 3.80. The standard InChI is InChI=1S/C22H31N5O2S/c1-4-27-20(16(3)23-21(29)17-10-8-9-15(2)13-17)25-26-22(27)30-14-19(28)24-18-11-6-5-7-12-18/h8-10,13,16,18H,4-7,11-12,14H2,1-3H3,(H,23,29)(H,24,28)/t16-/m0/s1. The van der Waals surface area contributed by atoms with Crippen LogP contribution in [-0.2, 0) is 11.3 Å². The fourth-order valence-corrected chi connectivity index (χ4v) is 4.62. The number of amides is 2. The summed E-state index contributed by atoms with van der Waals surface area (Å²) in [7, 11) is 0. The van der Waals surface area contributed by atoms with Gasteiger partial charge in [-0.05, 0) is 45.7 Å². The molecule has 1 aromatic heterocycles. The number of rotatable bonds is 8. The van der Waals surface area contributed by atoms with Crippen LogP contribution in [0.3, 0.4) is 0 Å². The van der Waals surface area contributed by atoms with Crippen molar-refractivity contribution in [2.75, 3.05) is 5.75 Å². The molecule has 162 valence electrons. The Balaban J connectivity index is 1.58.